The molecule has 0 saturated carbocycles. The van der Waals surface area contributed by atoms with Crippen molar-refractivity contribution in [3.05, 3.63) is 55.0 Å². The number of alkyl halides is 3. The zero-order valence-corrected chi connectivity index (χ0v) is 14.0. The molecular formula is C14H11BrF4N2O3. The minimum atomic E-state index is -4.90. The molecule has 5 nitrogen and oxygen atoms in total. The predicted molar refractivity (Wildman–Crippen MR) is 81.1 cm³/mol. The van der Waals surface area contributed by atoms with Gasteiger partial charge < -0.3 is 9.72 Å². The van der Waals surface area contributed by atoms with E-state index < -0.39 is 34.6 Å². The van der Waals surface area contributed by atoms with E-state index in [1.54, 1.807) is 13.8 Å². The van der Waals surface area contributed by atoms with E-state index in [1.165, 1.54) is 4.98 Å². The predicted octanol–water partition coefficient (Wildman–Crippen LogP) is 3.23. The number of rotatable bonds is 3. The minimum Gasteiger partial charge on any atom is -0.490 e. The summed E-state index contributed by atoms with van der Waals surface area (Å²) in [5.41, 5.74) is -4.76. The molecule has 0 aliphatic carbocycles. The van der Waals surface area contributed by atoms with E-state index in [4.69, 9.17) is 4.74 Å². The van der Waals surface area contributed by atoms with Gasteiger partial charge >= 0.3 is 11.9 Å². The number of ether oxygens (including phenoxy) is 1. The van der Waals surface area contributed by atoms with Crippen LogP contribution in [0.4, 0.5) is 17.6 Å². The van der Waals surface area contributed by atoms with Crippen LogP contribution < -0.4 is 16.0 Å². The molecule has 1 aromatic carbocycles. The molecule has 2 rings (SSSR count). The van der Waals surface area contributed by atoms with Gasteiger partial charge in [-0.05, 0) is 35.8 Å². The summed E-state index contributed by atoms with van der Waals surface area (Å²) in [6.07, 6.45) is -5.19. The van der Waals surface area contributed by atoms with Gasteiger partial charge in [-0.3, -0.25) is 4.79 Å². The molecule has 0 atom stereocenters. The summed E-state index contributed by atoms with van der Waals surface area (Å²) >= 11 is 3.07. The van der Waals surface area contributed by atoms with Crippen LogP contribution in [0.15, 0.2) is 32.3 Å². The Balaban J connectivity index is 2.69. The quantitative estimate of drug-likeness (QED) is 0.790. The minimum absolute atomic E-state index is 0.132. The normalized spacial score (nSPS) is 11.8. The molecule has 1 heterocycles. The number of hydrogen-bond donors (Lipinski definition) is 1. The fourth-order valence-corrected chi connectivity index (χ4v) is 2.32. The number of aromatic nitrogens is 2. The molecule has 0 aliphatic heterocycles. The lowest BCUT2D eigenvalue weighted by atomic mass is 10.2. The third-order valence-electron chi connectivity index (χ3n) is 2.84. The third-order valence-corrected chi connectivity index (χ3v) is 3.46. The summed E-state index contributed by atoms with van der Waals surface area (Å²) in [7, 11) is 0. The van der Waals surface area contributed by atoms with Crippen LogP contribution in [-0.4, -0.2) is 15.7 Å². The average Bonchev–Trinajstić information content (AvgIpc) is 2.41. The Morgan fingerprint density at radius 1 is 1.21 bits per heavy atom. The van der Waals surface area contributed by atoms with E-state index in [2.05, 4.69) is 15.9 Å². The van der Waals surface area contributed by atoms with Crippen LogP contribution in [-0.2, 0) is 6.18 Å². The summed E-state index contributed by atoms with van der Waals surface area (Å²) in [4.78, 5) is 25.3. The van der Waals surface area contributed by atoms with Gasteiger partial charge in [-0.1, -0.05) is 0 Å². The number of nitrogens with zero attached hydrogens (tertiary/aromatic N) is 1. The van der Waals surface area contributed by atoms with Crippen LogP contribution in [0.25, 0.3) is 5.69 Å². The Morgan fingerprint density at radius 3 is 2.33 bits per heavy atom. The van der Waals surface area contributed by atoms with Gasteiger partial charge in [-0.25, -0.2) is 13.8 Å². The SMILES string of the molecule is CC(C)Oc1cc(-n2c(=O)cc(C(F)(F)F)[nH]c2=O)c(F)cc1Br. The summed E-state index contributed by atoms with van der Waals surface area (Å²) in [6.45, 7) is 3.40. The maximum absolute atomic E-state index is 14.1. The van der Waals surface area contributed by atoms with Crippen molar-refractivity contribution >= 4 is 15.9 Å². The van der Waals surface area contributed by atoms with E-state index in [-0.39, 0.29) is 27.0 Å². The van der Waals surface area contributed by atoms with E-state index in [0.29, 0.717) is 0 Å². The highest BCUT2D eigenvalue weighted by atomic mass is 79.9. The van der Waals surface area contributed by atoms with Crippen LogP contribution in [0.5, 0.6) is 5.75 Å². The largest absolute Gasteiger partial charge is 0.490 e. The molecule has 0 aliphatic rings. The molecule has 0 unspecified atom stereocenters. The lowest BCUT2D eigenvalue weighted by molar-refractivity contribution is -0.141. The molecule has 1 aromatic heterocycles. The van der Waals surface area contributed by atoms with Gasteiger partial charge in [0, 0.05) is 12.1 Å². The second kappa shape index (κ2) is 6.42. The summed E-state index contributed by atoms with van der Waals surface area (Å²) in [6, 6.07) is 2.20. The highest BCUT2D eigenvalue weighted by molar-refractivity contribution is 9.10. The molecule has 0 radical (unpaired) electrons. The lowest BCUT2D eigenvalue weighted by Crippen LogP contribution is -2.36. The van der Waals surface area contributed by atoms with Crippen LogP contribution in [0.1, 0.15) is 19.5 Å². The van der Waals surface area contributed by atoms with Crippen LogP contribution >= 0.6 is 15.9 Å². The Labute approximate surface area is 141 Å². The first kappa shape index (κ1) is 18.2. The molecule has 0 bridgehead atoms. The monoisotopic (exact) mass is 410 g/mol. The number of benzene rings is 1. The average molecular weight is 411 g/mol. The Hall–Kier alpha value is -2.10. The topological polar surface area (TPSA) is 64.1 Å². The number of hydrogen-bond acceptors (Lipinski definition) is 3. The van der Waals surface area contributed by atoms with Crippen molar-refractivity contribution in [2.75, 3.05) is 0 Å². The van der Waals surface area contributed by atoms with E-state index in [0.717, 1.165) is 12.1 Å². The van der Waals surface area contributed by atoms with Gasteiger partial charge in [-0.2, -0.15) is 13.2 Å². The molecule has 130 valence electrons. The smallest absolute Gasteiger partial charge is 0.431 e. The van der Waals surface area contributed by atoms with Gasteiger partial charge in [0.2, 0.25) is 0 Å². The maximum Gasteiger partial charge on any atom is 0.431 e. The van der Waals surface area contributed by atoms with Crippen LogP contribution in [0.3, 0.4) is 0 Å². The molecule has 24 heavy (non-hydrogen) atoms. The highest BCUT2D eigenvalue weighted by Crippen LogP contribution is 2.30. The fourth-order valence-electron chi connectivity index (χ4n) is 1.91. The first-order chi connectivity index (χ1) is 11.0. The Morgan fingerprint density at radius 2 is 1.83 bits per heavy atom. The van der Waals surface area contributed by atoms with Crippen molar-refractivity contribution in [3.63, 3.8) is 0 Å². The molecule has 0 fully saturated rings. The number of nitrogens with one attached hydrogen (secondary N) is 1. The zero-order valence-electron chi connectivity index (χ0n) is 12.4. The van der Waals surface area contributed by atoms with Crippen LogP contribution in [0, 0.1) is 5.82 Å². The van der Waals surface area contributed by atoms with Crippen LogP contribution in [0.2, 0.25) is 0 Å². The standard InChI is InChI=1S/C14H11BrF4N2O3/c1-6(2)24-10-4-9(8(16)3-7(10)15)21-12(22)5-11(14(17,18)19)20-13(21)23/h3-6H,1-2H3,(H,20,23). The Kier molecular flexibility index (Phi) is 4.88. The molecule has 10 heteroatoms. The number of aromatic amines is 1. The van der Waals surface area contributed by atoms with Gasteiger partial charge in [-0.15, -0.1) is 0 Å². The second-order valence-corrected chi connectivity index (χ2v) is 5.91. The first-order valence-corrected chi connectivity index (χ1v) is 7.39. The first-order valence-electron chi connectivity index (χ1n) is 6.60. The maximum atomic E-state index is 14.1. The van der Waals surface area contributed by atoms with E-state index >= 15 is 0 Å². The zero-order chi connectivity index (χ0) is 18.2. The molecular weight excluding hydrogens is 400 g/mol. The van der Waals surface area contributed by atoms with Crippen molar-refractivity contribution in [3.8, 4) is 11.4 Å². The van der Waals surface area contributed by atoms with Gasteiger partial charge in [0.1, 0.15) is 17.3 Å². The Bertz CT molecular complexity index is 856. The van der Waals surface area contributed by atoms with E-state index in [9.17, 15) is 27.2 Å². The number of H-pyrrole nitrogens is 1. The van der Waals surface area contributed by atoms with Gasteiger partial charge in [0.25, 0.3) is 5.56 Å². The molecule has 1 N–H and O–H groups in total. The number of halogens is 5. The van der Waals surface area contributed by atoms with Crippen molar-refractivity contribution in [1.29, 1.82) is 0 Å². The molecule has 0 spiro atoms. The second-order valence-electron chi connectivity index (χ2n) is 5.06. The summed E-state index contributed by atoms with van der Waals surface area (Å²) < 4.78 is 57.8. The van der Waals surface area contributed by atoms with E-state index in [1.807, 2.05) is 0 Å². The summed E-state index contributed by atoms with van der Waals surface area (Å²) in [5.74, 6) is -0.849. The molecule has 2 aromatic rings. The highest BCUT2D eigenvalue weighted by Gasteiger charge is 2.33. The van der Waals surface area contributed by atoms with Gasteiger partial charge in [0.15, 0.2) is 0 Å². The summed E-state index contributed by atoms with van der Waals surface area (Å²) in [5, 5.41) is 0. The van der Waals surface area contributed by atoms with Crippen molar-refractivity contribution in [2.45, 2.75) is 26.1 Å². The molecule has 0 amide bonds. The van der Waals surface area contributed by atoms with Crippen molar-refractivity contribution in [1.82, 2.24) is 9.55 Å². The third kappa shape index (κ3) is 3.69. The van der Waals surface area contributed by atoms with Crippen molar-refractivity contribution in [2.24, 2.45) is 0 Å². The van der Waals surface area contributed by atoms with Gasteiger partial charge in [0.05, 0.1) is 16.3 Å². The fraction of sp³-hybridized carbons (Fsp3) is 0.286. The molecule has 0 saturated heterocycles. The lowest BCUT2D eigenvalue weighted by Gasteiger charge is -2.14. The van der Waals surface area contributed by atoms with Crippen molar-refractivity contribution < 1.29 is 22.3 Å².